The summed E-state index contributed by atoms with van der Waals surface area (Å²) in [4.78, 5) is 25.7. The molecule has 0 radical (unpaired) electrons. The van der Waals surface area contributed by atoms with Crippen molar-refractivity contribution in [3.63, 3.8) is 0 Å². The predicted molar refractivity (Wildman–Crippen MR) is 136 cm³/mol. The second kappa shape index (κ2) is 9.02. The molecule has 5 rings (SSSR count). The van der Waals surface area contributed by atoms with Crippen molar-refractivity contribution >= 4 is 38.5 Å². The first-order valence-electron chi connectivity index (χ1n) is 11.3. The minimum absolute atomic E-state index is 0.0157. The molecule has 5 nitrogen and oxygen atoms in total. The topological polar surface area (TPSA) is 57.5 Å². The summed E-state index contributed by atoms with van der Waals surface area (Å²) in [7, 11) is 1.65. The van der Waals surface area contributed by atoms with Crippen LogP contribution in [0.25, 0.3) is 32.6 Å². The Balaban J connectivity index is 1.36. The first-order valence-corrected chi connectivity index (χ1v) is 11.3. The average Bonchev–Trinajstić information content (AvgIpc) is 2.89. The van der Waals surface area contributed by atoms with E-state index in [4.69, 9.17) is 9.47 Å². The van der Waals surface area contributed by atoms with Crippen LogP contribution in [0.3, 0.4) is 0 Å². The SMILES string of the molecule is COc1ccc2cc([C@H](C)C(=O)OCCn3c4ccccc4c(=O)c4ccccc43)ccc2c1. The molecule has 0 spiro atoms. The number of nitrogens with zero attached hydrogens (tertiary/aromatic N) is 1. The van der Waals surface area contributed by atoms with E-state index in [-0.39, 0.29) is 18.0 Å². The largest absolute Gasteiger partial charge is 0.497 e. The maximum atomic E-state index is 12.9. The number of para-hydroxylation sites is 2. The standard InChI is InChI=1S/C29H25NO4/c1-19(20-11-12-22-18-23(33-2)14-13-21(22)17-20)29(32)34-16-15-30-26-9-5-3-7-24(26)28(31)25-8-4-6-10-27(25)30/h3-14,17-19H,15-16H2,1-2H3/t19-/m0/s1. The highest BCUT2D eigenvalue weighted by atomic mass is 16.5. The Morgan fingerprint density at radius 2 is 1.47 bits per heavy atom. The van der Waals surface area contributed by atoms with Gasteiger partial charge < -0.3 is 14.0 Å². The van der Waals surface area contributed by atoms with Gasteiger partial charge in [0, 0.05) is 10.8 Å². The number of pyridine rings is 1. The van der Waals surface area contributed by atoms with Crippen molar-refractivity contribution in [3.05, 3.63) is 101 Å². The Labute approximate surface area is 197 Å². The molecule has 0 bridgehead atoms. The summed E-state index contributed by atoms with van der Waals surface area (Å²) in [6.45, 7) is 2.53. The molecular formula is C29H25NO4. The van der Waals surface area contributed by atoms with Gasteiger partial charge in [-0.05, 0) is 59.7 Å². The van der Waals surface area contributed by atoms with E-state index in [0.717, 1.165) is 33.1 Å². The first kappa shape index (κ1) is 21.7. The van der Waals surface area contributed by atoms with Crippen LogP contribution in [0.15, 0.2) is 89.7 Å². The van der Waals surface area contributed by atoms with E-state index in [1.54, 1.807) is 7.11 Å². The molecule has 0 amide bonds. The van der Waals surface area contributed by atoms with Crippen LogP contribution in [0.5, 0.6) is 5.75 Å². The van der Waals surface area contributed by atoms with Gasteiger partial charge in [0.2, 0.25) is 0 Å². The minimum Gasteiger partial charge on any atom is -0.497 e. The molecule has 170 valence electrons. The van der Waals surface area contributed by atoms with Gasteiger partial charge in [-0.3, -0.25) is 9.59 Å². The van der Waals surface area contributed by atoms with Gasteiger partial charge in [-0.1, -0.05) is 48.5 Å². The average molecular weight is 452 g/mol. The Bertz CT molecular complexity index is 1520. The number of benzene rings is 4. The van der Waals surface area contributed by atoms with E-state index >= 15 is 0 Å². The lowest BCUT2D eigenvalue weighted by molar-refractivity contribution is -0.145. The summed E-state index contributed by atoms with van der Waals surface area (Å²) in [5, 5.41) is 3.42. The lowest BCUT2D eigenvalue weighted by atomic mass is 9.98. The third-order valence-corrected chi connectivity index (χ3v) is 6.36. The Morgan fingerprint density at radius 1 is 0.853 bits per heavy atom. The molecular weight excluding hydrogens is 426 g/mol. The van der Waals surface area contributed by atoms with E-state index in [0.29, 0.717) is 17.3 Å². The molecule has 0 N–H and O–H groups in total. The number of rotatable bonds is 6. The van der Waals surface area contributed by atoms with Crippen molar-refractivity contribution in [2.24, 2.45) is 0 Å². The lowest BCUT2D eigenvalue weighted by Crippen LogP contribution is -2.18. The molecule has 1 aromatic heterocycles. The summed E-state index contributed by atoms with van der Waals surface area (Å²) in [5.41, 5.74) is 2.59. The quantitative estimate of drug-likeness (QED) is 0.247. The second-order valence-electron chi connectivity index (χ2n) is 8.38. The Kier molecular flexibility index (Phi) is 5.76. The number of ether oxygens (including phenoxy) is 2. The summed E-state index contributed by atoms with van der Waals surface area (Å²) in [6, 6.07) is 26.9. The molecule has 0 aliphatic carbocycles. The normalized spacial score (nSPS) is 12.2. The third kappa shape index (κ3) is 3.90. The van der Waals surface area contributed by atoms with Gasteiger partial charge in [-0.15, -0.1) is 0 Å². The smallest absolute Gasteiger partial charge is 0.313 e. The van der Waals surface area contributed by atoms with Crippen LogP contribution in [0.1, 0.15) is 18.4 Å². The summed E-state index contributed by atoms with van der Waals surface area (Å²) < 4.78 is 13.0. The second-order valence-corrected chi connectivity index (χ2v) is 8.38. The van der Waals surface area contributed by atoms with E-state index in [9.17, 15) is 9.59 Å². The molecule has 0 saturated heterocycles. The molecule has 5 aromatic rings. The van der Waals surface area contributed by atoms with Gasteiger partial charge in [0.15, 0.2) is 5.43 Å². The summed E-state index contributed by atoms with van der Waals surface area (Å²) in [6.07, 6.45) is 0. The Morgan fingerprint density at radius 3 is 2.15 bits per heavy atom. The maximum absolute atomic E-state index is 12.9. The zero-order chi connectivity index (χ0) is 23.7. The van der Waals surface area contributed by atoms with Gasteiger partial charge >= 0.3 is 5.97 Å². The van der Waals surface area contributed by atoms with Crippen LogP contribution < -0.4 is 10.2 Å². The van der Waals surface area contributed by atoms with Crippen molar-refractivity contribution in [2.75, 3.05) is 13.7 Å². The Hall–Kier alpha value is -4.12. The molecule has 1 atom stereocenters. The monoisotopic (exact) mass is 451 g/mol. The van der Waals surface area contributed by atoms with Gasteiger partial charge in [-0.25, -0.2) is 0 Å². The third-order valence-electron chi connectivity index (χ3n) is 6.36. The van der Waals surface area contributed by atoms with Crippen LogP contribution in [-0.4, -0.2) is 24.3 Å². The number of fused-ring (bicyclic) bond motifs is 3. The number of carbonyl (C=O) groups excluding carboxylic acids is 1. The number of carbonyl (C=O) groups is 1. The highest BCUT2D eigenvalue weighted by Crippen LogP contribution is 2.26. The zero-order valence-electron chi connectivity index (χ0n) is 19.2. The van der Waals surface area contributed by atoms with Crippen LogP contribution >= 0.6 is 0 Å². The molecule has 4 aromatic carbocycles. The fourth-order valence-corrected chi connectivity index (χ4v) is 4.46. The molecule has 0 saturated carbocycles. The molecule has 0 aliphatic heterocycles. The molecule has 5 heteroatoms. The van der Waals surface area contributed by atoms with E-state index < -0.39 is 5.92 Å². The van der Waals surface area contributed by atoms with Crippen LogP contribution in [-0.2, 0) is 16.1 Å². The van der Waals surface area contributed by atoms with Crippen molar-refractivity contribution < 1.29 is 14.3 Å². The number of esters is 1. The van der Waals surface area contributed by atoms with Gasteiger partial charge in [0.1, 0.15) is 12.4 Å². The van der Waals surface area contributed by atoms with Crippen molar-refractivity contribution in [2.45, 2.75) is 19.4 Å². The zero-order valence-corrected chi connectivity index (χ0v) is 19.2. The van der Waals surface area contributed by atoms with Gasteiger partial charge in [0.25, 0.3) is 0 Å². The molecule has 34 heavy (non-hydrogen) atoms. The molecule has 0 fully saturated rings. The van der Waals surface area contributed by atoms with E-state index in [1.165, 1.54) is 0 Å². The molecule has 0 aliphatic rings. The minimum atomic E-state index is -0.394. The molecule has 0 unspecified atom stereocenters. The lowest BCUT2D eigenvalue weighted by Gasteiger charge is -2.17. The number of hydrogen-bond acceptors (Lipinski definition) is 4. The van der Waals surface area contributed by atoms with E-state index in [1.807, 2.05) is 96.4 Å². The highest BCUT2D eigenvalue weighted by molar-refractivity contribution is 5.93. The van der Waals surface area contributed by atoms with Crippen LogP contribution in [0.4, 0.5) is 0 Å². The summed E-state index contributed by atoms with van der Waals surface area (Å²) >= 11 is 0. The van der Waals surface area contributed by atoms with Crippen LogP contribution in [0, 0.1) is 0 Å². The predicted octanol–water partition coefficient (Wildman–Crippen LogP) is 5.66. The number of hydrogen-bond donors (Lipinski definition) is 0. The molecule has 1 heterocycles. The van der Waals surface area contributed by atoms with E-state index in [2.05, 4.69) is 0 Å². The van der Waals surface area contributed by atoms with Gasteiger partial charge in [0.05, 0.1) is 30.6 Å². The summed E-state index contributed by atoms with van der Waals surface area (Å²) in [5.74, 6) is 0.131. The number of methoxy groups -OCH3 is 1. The van der Waals surface area contributed by atoms with Gasteiger partial charge in [-0.2, -0.15) is 0 Å². The van der Waals surface area contributed by atoms with Crippen molar-refractivity contribution in [1.82, 2.24) is 4.57 Å². The fraction of sp³-hybridized carbons (Fsp3) is 0.172. The maximum Gasteiger partial charge on any atom is 0.313 e. The van der Waals surface area contributed by atoms with Crippen LogP contribution in [0.2, 0.25) is 0 Å². The fourth-order valence-electron chi connectivity index (χ4n) is 4.46. The first-order chi connectivity index (χ1) is 16.6. The van der Waals surface area contributed by atoms with Crippen molar-refractivity contribution in [1.29, 1.82) is 0 Å². The van der Waals surface area contributed by atoms with Crippen molar-refractivity contribution in [3.8, 4) is 5.75 Å². The number of aromatic nitrogens is 1. The highest BCUT2D eigenvalue weighted by Gasteiger charge is 2.18.